The van der Waals surface area contributed by atoms with Gasteiger partial charge in [-0.2, -0.15) is 11.8 Å². The number of benzene rings is 1. The van der Waals surface area contributed by atoms with E-state index in [2.05, 4.69) is 6.07 Å². The van der Waals surface area contributed by atoms with Crippen LogP contribution in [0.3, 0.4) is 0 Å². The van der Waals surface area contributed by atoms with Gasteiger partial charge in [-0.1, -0.05) is 11.6 Å². The van der Waals surface area contributed by atoms with Gasteiger partial charge in [0.2, 0.25) is 0 Å². The van der Waals surface area contributed by atoms with E-state index in [-0.39, 0.29) is 5.82 Å². The SMILES string of the molecule is OC(Cc1cc(F)ccc1Cl)c1cc2c(s1)CCSC2. The third-order valence-corrected chi connectivity index (χ3v) is 6.11. The Balaban J connectivity index is 1.80. The van der Waals surface area contributed by atoms with E-state index in [1.165, 1.54) is 28.6 Å². The summed E-state index contributed by atoms with van der Waals surface area (Å²) in [5.74, 6) is 1.86. The Morgan fingerprint density at radius 3 is 3.00 bits per heavy atom. The van der Waals surface area contributed by atoms with E-state index in [0.29, 0.717) is 17.0 Å². The van der Waals surface area contributed by atoms with Crippen LogP contribution in [0.25, 0.3) is 0 Å². The zero-order valence-corrected chi connectivity index (χ0v) is 13.1. The molecule has 5 heteroatoms. The van der Waals surface area contributed by atoms with E-state index in [9.17, 15) is 9.50 Å². The van der Waals surface area contributed by atoms with Gasteiger partial charge < -0.3 is 5.11 Å². The minimum atomic E-state index is -0.616. The maximum atomic E-state index is 13.2. The molecule has 0 fully saturated rings. The lowest BCUT2D eigenvalue weighted by molar-refractivity contribution is 0.182. The van der Waals surface area contributed by atoms with E-state index in [4.69, 9.17) is 11.6 Å². The zero-order chi connectivity index (χ0) is 14.1. The second-order valence-electron chi connectivity index (χ2n) is 4.86. The van der Waals surface area contributed by atoms with Crippen molar-refractivity contribution in [3.63, 3.8) is 0 Å². The number of thiophene rings is 1. The molecule has 106 valence electrons. The fourth-order valence-corrected chi connectivity index (χ4v) is 4.90. The predicted octanol–water partition coefficient (Wildman–Crippen LogP) is 4.61. The van der Waals surface area contributed by atoms with Crippen LogP contribution in [0.1, 0.15) is 27.0 Å². The Morgan fingerprint density at radius 2 is 2.20 bits per heavy atom. The van der Waals surface area contributed by atoms with Gasteiger partial charge in [-0.25, -0.2) is 4.39 Å². The molecule has 1 aromatic heterocycles. The third-order valence-electron chi connectivity index (χ3n) is 3.40. The summed E-state index contributed by atoms with van der Waals surface area (Å²) in [4.78, 5) is 2.33. The normalized spacial score (nSPS) is 15.9. The lowest BCUT2D eigenvalue weighted by Crippen LogP contribution is -2.00. The molecule has 0 aliphatic carbocycles. The summed E-state index contributed by atoms with van der Waals surface area (Å²) in [5, 5.41) is 10.9. The van der Waals surface area contributed by atoms with Crippen LogP contribution in [0.4, 0.5) is 4.39 Å². The van der Waals surface area contributed by atoms with E-state index in [0.717, 1.165) is 22.8 Å². The molecule has 1 unspecified atom stereocenters. The van der Waals surface area contributed by atoms with Gasteiger partial charge in [0.15, 0.2) is 0 Å². The number of rotatable bonds is 3. The number of hydrogen-bond donors (Lipinski definition) is 1. The van der Waals surface area contributed by atoms with Gasteiger partial charge in [0.05, 0.1) is 6.10 Å². The van der Waals surface area contributed by atoms with Crippen LogP contribution in [0.15, 0.2) is 24.3 Å². The van der Waals surface area contributed by atoms with E-state index >= 15 is 0 Å². The van der Waals surface area contributed by atoms with Crippen LogP contribution in [-0.2, 0) is 18.6 Å². The fourth-order valence-electron chi connectivity index (χ4n) is 2.34. The molecule has 0 saturated carbocycles. The van der Waals surface area contributed by atoms with Crippen molar-refractivity contribution in [2.45, 2.75) is 24.7 Å². The number of aryl methyl sites for hydroxylation is 1. The van der Waals surface area contributed by atoms with Crippen LogP contribution in [0, 0.1) is 5.82 Å². The Kier molecular flexibility index (Phi) is 4.36. The molecule has 0 spiro atoms. The lowest BCUT2D eigenvalue weighted by Gasteiger charge is -2.10. The molecule has 2 aromatic rings. The molecule has 0 saturated heterocycles. The third kappa shape index (κ3) is 3.03. The number of thioether (sulfide) groups is 1. The van der Waals surface area contributed by atoms with Crippen LogP contribution in [0.2, 0.25) is 5.02 Å². The van der Waals surface area contributed by atoms with Gasteiger partial charge in [-0.05, 0) is 47.6 Å². The molecule has 1 atom stereocenters. The van der Waals surface area contributed by atoms with Gasteiger partial charge >= 0.3 is 0 Å². The first-order valence-electron chi connectivity index (χ1n) is 6.44. The quantitative estimate of drug-likeness (QED) is 0.888. The first-order valence-corrected chi connectivity index (χ1v) is 8.79. The summed E-state index contributed by atoms with van der Waals surface area (Å²) in [5.41, 5.74) is 1.99. The second-order valence-corrected chi connectivity index (χ2v) is 7.54. The summed E-state index contributed by atoms with van der Waals surface area (Å²) in [7, 11) is 0. The molecule has 3 rings (SSSR count). The van der Waals surface area contributed by atoms with Crippen LogP contribution in [-0.4, -0.2) is 10.9 Å². The van der Waals surface area contributed by atoms with Crippen molar-refractivity contribution in [3.05, 3.63) is 56.0 Å². The van der Waals surface area contributed by atoms with Crippen LogP contribution >= 0.6 is 34.7 Å². The highest BCUT2D eigenvalue weighted by Crippen LogP contribution is 2.36. The monoisotopic (exact) mass is 328 g/mol. The molecule has 0 amide bonds. The topological polar surface area (TPSA) is 20.2 Å². The highest BCUT2D eigenvalue weighted by Gasteiger charge is 2.19. The van der Waals surface area contributed by atoms with Gasteiger partial charge in [-0.15, -0.1) is 11.3 Å². The fraction of sp³-hybridized carbons (Fsp3) is 0.333. The Hall–Kier alpha value is -0.550. The summed E-state index contributed by atoms with van der Waals surface area (Å²) in [6.45, 7) is 0. The highest BCUT2D eigenvalue weighted by molar-refractivity contribution is 7.98. The summed E-state index contributed by atoms with van der Waals surface area (Å²) in [6.07, 6.45) is 0.816. The Bertz CT molecular complexity index is 603. The lowest BCUT2D eigenvalue weighted by atomic mass is 10.1. The largest absolute Gasteiger partial charge is 0.387 e. The van der Waals surface area contributed by atoms with Gasteiger partial charge in [-0.3, -0.25) is 0 Å². The van der Waals surface area contributed by atoms with E-state index < -0.39 is 6.10 Å². The molecule has 1 aliphatic rings. The first-order chi connectivity index (χ1) is 9.63. The summed E-state index contributed by atoms with van der Waals surface area (Å²) in [6, 6.07) is 6.35. The van der Waals surface area contributed by atoms with Crippen molar-refractivity contribution in [2.75, 3.05) is 5.75 Å². The van der Waals surface area contributed by atoms with Crippen molar-refractivity contribution in [2.24, 2.45) is 0 Å². The van der Waals surface area contributed by atoms with E-state index in [1.807, 2.05) is 11.8 Å². The average Bonchev–Trinajstić information content (AvgIpc) is 2.87. The van der Waals surface area contributed by atoms with Crippen molar-refractivity contribution in [1.82, 2.24) is 0 Å². The average molecular weight is 329 g/mol. The number of halogens is 2. The van der Waals surface area contributed by atoms with E-state index in [1.54, 1.807) is 11.3 Å². The minimum absolute atomic E-state index is 0.321. The Labute approximate surface area is 130 Å². The van der Waals surface area contributed by atoms with Crippen molar-refractivity contribution >= 4 is 34.7 Å². The molecule has 0 radical (unpaired) electrons. The molecule has 20 heavy (non-hydrogen) atoms. The predicted molar refractivity (Wildman–Crippen MR) is 84.3 cm³/mol. The smallest absolute Gasteiger partial charge is 0.123 e. The zero-order valence-electron chi connectivity index (χ0n) is 10.7. The molecule has 1 nitrogen and oxygen atoms in total. The first kappa shape index (κ1) is 14.4. The van der Waals surface area contributed by atoms with Gasteiger partial charge in [0, 0.05) is 27.0 Å². The minimum Gasteiger partial charge on any atom is -0.387 e. The molecule has 1 N–H and O–H groups in total. The second kappa shape index (κ2) is 6.06. The molecule has 2 heterocycles. The maximum absolute atomic E-state index is 13.2. The van der Waals surface area contributed by atoms with Crippen molar-refractivity contribution in [3.8, 4) is 0 Å². The van der Waals surface area contributed by atoms with Crippen LogP contribution in [0.5, 0.6) is 0 Å². The maximum Gasteiger partial charge on any atom is 0.123 e. The number of aliphatic hydroxyl groups excluding tert-OH is 1. The van der Waals surface area contributed by atoms with Gasteiger partial charge in [0.25, 0.3) is 0 Å². The van der Waals surface area contributed by atoms with Crippen molar-refractivity contribution in [1.29, 1.82) is 0 Å². The molecule has 0 bridgehead atoms. The molecule has 1 aliphatic heterocycles. The highest BCUT2D eigenvalue weighted by atomic mass is 35.5. The molecular formula is C15H14ClFOS2. The van der Waals surface area contributed by atoms with Gasteiger partial charge in [0.1, 0.15) is 5.82 Å². The standard InChI is InChI=1S/C15H14ClFOS2/c16-12-2-1-11(17)5-9(12)6-13(18)15-7-10-8-19-4-3-14(10)20-15/h1-2,5,7,13,18H,3-4,6,8H2. The number of hydrogen-bond acceptors (Lipinski definition) is 3. The molecular weight excluding hydrogens is 315 g/mol. The summed E-state index contributed by atoms with van der Waals surface area (Å²) < 4.78 is 13.2. The Morgan fingerprint density at radius 1 is 1.35 bits per heavy atom. The molecule has 1 aromatic carbocycles. The number of aliphatic hydroxyl groups is 1. The summed E-state index contributed by atoms with van der Waals surface area (Å²) >= 11 is 9.65. The van der Waals surface area contributed by atoms with Crippen molar-refractivity contribution < 1.29 is 9.50 Å². The number of fused-ring (bicyclic) bond motifs is 1. The van der Waals surface area contributed by atoms with Crippen LogP contribution < -0.4 is 0 Å².